The van der Waals surface area contributed by atoms with Gasteiger partial charge >= 0.3 is 0 Å². The maximum Gasteiger partial charge on any atom is 0.216 e. The van der Waals surface area contributed by atoms with Crippen molar-refractivity contribution >= 4 is 15.7 Å². The van der Waals surface area contributed by atoms with Gasteiger partial charge in [0.2, 0.25) is 10.0 Å². The Morgan fingerprint density at radius 1 is 1.20 bits per heavy atom. The average molecular weight is 296 g/mol. The molecular weight excluding hydrogens is 272 g/mol. The number of rotatable bonds is 5. The van der Waals surface area contributed by atoms with E-state index < -0.39 is 10.0 Å². The molecule has 1 aromatic rings. The van der Waals surface area contributed by atoms with E-state index in [-0.39, 0.29) is 11.8 Å². The van der Waals surface area contributed by atoms with Crippen LogP contribution in [0, 0.1) is 5.92 Å². The van der Waals surface area contributed by atoms with Crippen molar-refractivity contribution in [3.8, 4) is 0 Å². The Labute approximate surface area is 121 Å². The molecule has 0 bridgehead atoms. The van der Waals surface area contributed by atoms with E-state index in [0.29, 0.717) is 11.6 Å². The highest BCUT2D eigenvalue weighted by atomic mass is 32.2. The number of nitrogen functional groups attached to an aromatic ring is 1. The van der Waals surface area contributed by atoms with E-state index in [9.17, 15) is 8.42 Å². The lowest BCUT2D eigenvalue weighted by atomic mass is 9.85. The zero-order valence-corrected chi connectivity index (χ0v) is 12.8. The molecule has 1 atom stereocenters. The smallest absolute Gasteiger partial charge is 0.216 e. The average Bonchev–Trinajstić information content (AvgIpc) is 2.41. The zero-order chi connectivity index (χ0) is 14.6. The quantitative estimate of drug-likeness (QED) is 0.821. The summed E-state index contributed by atoms with van der Waals surface area (Å²) in [5, 5.41) is 0. The SMILES string of the molecule is CC(NS(=O)(=O)Cc1ccc(N)cc1)C1CCCCC1. The molecule has 112 valence electrons. The minimum Gasteiger partial charge on any atom is -0.399 e. The molecule has 1 aliphatic carbocycles. The van der Waals surface area contributed by atoms with E-state index in [2.05, 4.69) is 4.72 Å². The molecule has 0 amide bonds. The van der Waals surface area contributed by atoms with Crippen molar-refractivity contribution < 1.29 is 8.42 Å². The summed E-state index contributed by atoms with van der Waals surface area (Å²) < 4.78 is 27.2. The summed E-state index contributed by atoms with van der Waals surface area (Å²) >= 11 is 0. The third-order valence-electron chi connectivity index (χ3n) is 4.06. The Balaban J connectivity index is 1.94. The molecule has 0 aliphatic heterocycles. The summed E-state index contributed by atoms with van der Waals surface area (Å²) in [6.45, 7) is 1.98. The number of nitrogens with one attached hydrogen (secondary N) is 1. The number of hydrogen-bond donors (Lipinski definition) is 2. The van der Waals surface area contributed by atoms with E-state index >= 15 is 0 Å². The Hall–Kier alpha value is -1.07. The van der Waals surface area contributed by atoms with Gasteiger partial charge in [-0.1, -0.05) is 31.4 Å². The van der Waals surface area contributed by atoms with Gasteiger partial charge in [0.1, 0.15) is 0 Å². The van der Waals surface area contributed by atoms with Crippen LogP contribution in [0.5, 0.6) is 0 Å². The Kier molecular flexibility index (Phi) is 5.05. The van der Waals surface area contributed by atoms with Crippen LogP contribution in [0.2, 0.25) is 0 Å². The molecule has 1 aromatic carbocycles. The van der Waals surface area contributed by atoms with Gasteiger partial charge in [-0.05, 0) is 43.4 Å². The highest BCUT2D eigenvalue weighted by Crippen LogP contribution is 2.26. The predicted molar refractivity (Wildman–Crippen MR) is 82.7 cm³/mol. The van der Waals surface area contributed by atoms with Crippen molar-refractivity contribution in [1.29, 1.82) is 0 Å². The van der Waals surface area contributed by atoms with Crippen molar-refractivity contribution in [3.63, 3.8) is 0 Å². The lowest BCUT2D eigenvalue weighted by Crippen LogP contribution is -2.39. The topological polar surface area (TPSA) is 72.2 Å². The van der Waals surface area contributed by atoms with Crippen LogP contribution in [0.3, 0.4) is 0 Å². The first-order valence-electron chi connectivity index (χ1n) is 7.31. The minimum absolute atomic E-state index is 0.0182. The lowest BCUT2D eigenvalue weighted by Gasteiger charge is -2.28. The molecule has 1 fully saturated rings. The Bertz CT molecular complexity index is 519. The molecule has 3 N–H and O–H groups in total. The summed E-state index contributed by atoms with van der Waals surface area (Å²) in [5.74, 6) is 0.495. The second-order valence-corrected chi connectivity index (χ2v) is 7.56. The normalized spacial score (nSPS) is 18.9. The fraction of sp³-hybridized carbons (Fsp3) is 0.600. The van der Waals surface area contributed by atoms with Crippen LogP contribution < -0.4 is 10.5 Å². The molecule has 0 heterocycles. The van der Waals surface area contributed by atoms with Crippen LogP contribution in [0.4, 0.5) is 5.69 Å². The number of hydrogen-bond acceptors (Lipinski definition) is 3. The molecule has 0 radical (unpaired) electrons. The Morgan fingerprint density at radius 3 is 2.40 bits per heavy atom. The molecule has 1 saturated carbocycles. The van der Waals surface area contributed by atoms with Gasteiger partial charge in [-0.2, -0.15) is 0 Å². The van der Waals surface area contributed by atoms with Crippen LogP contribution in [0.1, 0.15) is 44.6 Å². The lowest BCUT2D eigenvalue weighted by molar-refractivity contribution is 0.303. The summed E-state index contributed by atoms with van der Waals surface area (Å²) in [5.41, 5.74) is 7.02. The number of anilines is 1. The molecule has 4 nitrogen and oxygen atoms in total. The van der Waals surface area contributed by atoms with Gasteiger partial charge in [-0.15, -0.1) is 0 Å². The minimum atomic E-state index is -3.29. The van der Waals surface area contributed by atoms with Crippen LogP contribution in [0.15, 0.2) is 24.3 Å². The van der Waals surface area contributed by atoms with Crippen molar-refractivity contribution in [2.24, 2.45) is 5.92 Å². The van der Waals surface area contributed by atoms with Gasteiger partial charge < -0.3 is 5.73 Å². The molecule has 0 spiro atoms. The summed E-state index contributed by atoms with van der Waals surface area (Å²) in [6.07, 6.45) is 5.97. The maximum absolute atomic E-state index is 12.2. The molecule has 0 aromatic heterocycles. The van der Waals surface area contributed by atoms with Gasteiger partial charge in [0.15, 0.2) is 0 Å². The second-order valence-electron chi connectivity index (χ2n) is 5.81. The zero-order valence-electron chi connectivity index (χ0n) is 12.0. The maximum atomic E-state index is 12.2. The summed E-state index contributed by atoms with van der Waals surface area (Å²) in [6, 6.07) is 7.01. The molecule has 0 saturated heterocycles. The molecule has 20 heavy (non-hydrogen) atoms. The highest BCUT2D eigenvalue weighted by molar-refractivity contribution is 7.88. The third kappa shape index (κ3) is 4.49. The molecule has 5 heteroatoms. The van der Waals surface area contributed by atoms with Gasteiger partial charge in [-0.25, -0.2) is 13.1 Å². The summed E-state index contributed by atoms with van der Waals surface area (Å²) in [7, 11) is -3.29. The van der Waals surface area contributed by atoms with E-state index in [4.69, 9.17) is 5.73 Å². The fourth-order valence-corrected chi connectivity index (χ4v) is 4.36. The molecule has 1 aliphatic rings. The van der Waals surface area contributed by atoms with Crippen LogP contribution in [-0.4, -0.2) is 14.5 Å². The molecular formula is C15H24N2O2S. The second kappa shape index (κ2) is 6.59. The number of sulfonamides is 1. The first-order chi connectivity index (χ1) is 9.46. The van der Waals surface area contributed by atoms with Gasteiger partial charge in [0.25, 0.3) is 0 Å². The van der Waals surface area contributed by atoms with E-state index in [1.807, 2.05) is 6.92 Å². The van der Waals surface area contributed by atoms with Gasteiger partial charge in [-0.3, -0.25) is 0 Å². The van der Waals surface area contributed by atoms with Crippen molar-refractivity contribution in [3.05, 3.63) is 29.8 Å². The fourth-order valence-electron chi connectivity index (χ4n) is 2.89. The standard InChI is InChI=1S/C15H24N2O2S/c1-12(14-5-3-2-4-6-14)17-20(18,19)11-13-7-9-15(16)10-8-13/h7-10,12,14,17H,2-6,11,16H2,1H3. The molecule has 2 rings (SSSR count). The first kappa shape index (κ1) is 15.3. The van der Waals surface area contributed by atoms with Crippen molar-refractivity contribution in [1.82, 2.24) is 4.72 Å². The number of nitrogens with two attached hydrogens (primary N) is 1. The molecule has 1 unspecified atom stereocenters. The van der Waals surface area contributed by atoms with Gasteiger partial charge in [0.05, 0.1) is 5.75 Å². The van der Waals surface area contributed by atoms with Crippen LogP contribution in [0.25, 0.3) is 0 Å². The van der Waals surface area contributed by atoms with E-state index in [1.54, 1.807) is 24.3 Å². The third-order valence-corrected chi connectivity index (χ3v) is 5.50. The highest BCUT2D eigenvalue weighted by Gasteiger charge is 2.24. The van der Waals surface area contributed by atoms with E-state index in [0.717, 1.165) is 18.4 Å². The number of benzene rings is 1. The monoisotopic (exact) mass is 296 g/mol. The first-order valence-corrected chi connectivity index (χ1v) is 8.96. The van der Waals surface area contributed by atoms with E-state index in [1.165, 1.54) is 19.3 Å². The predicted octanol–water partition coefficient (Wildman–Crippen LogP) is 2.66. The van der Waals surface area contributed by atoms with Gasteiger partial charge in [0, 0.05) is 11.7 Å². The van der Waals surface area contributed by atoms with Crippen molar-refractivity contribution in [2.45, 2.75) is 50.8 Å². The van der Waals surface area contributed by atoms with Crippen LogP contribution >= 0.6 is 0 Å². The van der Waals surface area contributed by atoms with Crippen LogP contribution in [-0.2, 0) is 15.8 Å². The van der Waals surface area contributed by atoms with Crippen molar-refractivity contribution in [2.75, 3.05) is 5.73 Å². The largest absolute Gasteiger partial charge is 0.399 e. The Morgan fingerprint density at radius 2 is 1.80 bits per heavy atom. The summed E-state index contributed by atoms with van der Waals surface area (Å²) in [4.78, 5) is 0.